The van der Waals surface area contributed by atoms with Gasteiger partial charge in [-0.25, -0.2) is 0 Å². The number of nitro groups is 1. The van der Waals surface area contributed by atoms with E-state index in [0.29, 0.717) is 5.56 Å². The summed E-state index contributed by atoms with van der Waals surface area (Å²) in [7, 11) is 0. The number of nitriles is 1. The van der Waals surface area contributed by atoms with Crippen LogP contribution in [-0.2, 0) is 9.59 Å². The quantitative estimate of drug-likeness (QED) is 0.256. The van der Waals surface area contributed by atoms with E-state index in [-0.39, 0.29) is 53.5 Å². The number of allylic oxidation sites excluding steroid dienone is 2. The molecule has 0 N–H and O–H groups in total. The number of fused-ring (bicyclic) bond motifs is 5. The van der Waals surface area contributed by atoms with E-state index < -0.39 is 4.92 Å². The van der Waals surface area contributed by atoms with E-state index >= 15 is 0 Å². The van der Waals surface area contributed by atoms with Gasteiger partial charge in [0.05, 0.1) is 23.0 Å². The SMILES string of the molecule is N#CCOc1ccc(C=NN2C(=O)C3C4C=CC(C4)C3C2=O)cc1[N+](=O)[O-]. The molecule has 2 bridgehead atoms. The summed E-state index contributed by atoms with van der Waals surface area (Å²) < 4.78 is 5.02. The normalized spacial score (nSPS) is 28.0. The van der Waals surface area contributed by atoms with Crippen molar-refractivity contribution in [1.82, 2.24) is 5.01 Å². The maximum absolute atomic E-state index is 12.6. The predicted molar refractivity (Wildman–Crippen MR) is 91.4 cm³/mol. The summed E-state index contributed by atoms with van der Waals surface area (Å²) in [5.41, 5.74) is 0.0113. The lowest BCUT2D eigenvalue weighted by Gasteiger charge is -2.13. The first kappa shape index (κ1) is 16.9. The van der Waals surface area contributed by atoms with Crippen molar-refractivity contribution in [2.45, 2.75) is 6.42 Å². The van der Waals surface area contributed by atoms with Crippen LogP contribution in [0, 0.1) is 45.1 Å². The van der Waals surface area contributed by atoms with Gasteiger partial charge >= 0.3 is 5.69 Å². The standard InChI is InChI=1S/C18H14N4O5/c19-5-6-27-14-4-1-10(7-13(14)22(25)26)9-20-21-17(23)15-11-2-3-12(8-11)16(15)18(21)24/h1-4,7,9,11-12,15-16H,6,8H2. The van der Waals surface area contributed by atoms with Crippen LogP contribution in [0.25, 0.3) is 0 Å². The Labute approximate surface area is 153 Å². The molecule has 2 amide bonds. The highest BCUT2D eigenvalue weighted by Crippen LogP contribution is 2.52. The lowest BCUT2D eigenvalue weighted by molar-refractivity contribution is -0.385. The Balaban J connectivity index is 1.56. The number of amides is 2. The Hall–Kier alpha value is -3.54. The minimum Gasteiger partial charge on any atom is -0.472 e. The molecule has 136 valence electrons. The van der Waals surface area contributed by atoms with Crippen molar-refractivity contribution in [3.8, 4) is 11.8 Å². The zero-order valence-corrected chi connectivity index (χ0v) is 14.0. The molecule has 27 heavy (non-hydrogen) atoms. The van der Waals surface area contributed by atoms with Gasteiger partial charge in [-0.2, -0.15) is 15.4 Å². The number of hydrogen-bond acceptors (Lipinski definition) is 7. The molecule has 2 fully saturated rings. The number of benzene rings is 1. The summed E-state index contributed by atoms with van der Waals surface area (Å²) in [5.74, 6) is -1.18. The van der Waals surface area contributed by atoms with Gasteiger partial charge in [0.15, 0.2) is 12.4 Å². The van der Waals surface area contributed by atoms with Crippen LogP contribution in [0.5, 0.6) is 5.75 Å². The maximum Gasteiger partial charge on any atom is 0.311 e. The number of hydrogen-bond donors (Lipinski definition) is 0. The van der Waals surface area contributed by atoms with Crippen LogP contribution < -0.4 is 4.74 Å². The van der Waals surface area contributed by atoms with Gasteiger partial charge in [0.1, 0.15) is 6.07 Å². The Morgan fingerprint density at radius 3 is 2.56 bits per heavy atom. The zero-order chi connectivity index (χ0) is 19.1. The van der Waals surface area contributed by atoms with E-state index in [1.165, 1.54) is 24.4 Å². The first-order chi connectivity index (χ1) is 13.0. The van der Waals surface area contributed by atoms with Crippen molar-refractivity contribution >= 4 is 23.7 Å². The lowest BCUT2D eigenvalue weighted by Crippen LogP contribution is -2.28. The van der Waals surface area contributed by atoms with Gasteiger partial charge < -0.3 is 4.74 Å². The van der Waals surface area contributed by atoms with Crippen molar-refractivity contribution < 1.29 is 19.2 Å². The molecule has 9 nitrogen and oxygen atoms in total. The Morgan fingerprint density at radius 1 is 1.30 bits per heavy atom. The van der Waals surface area contributed by atoms with Crippen LogP contribution in [0.4, 0.5) is 5.69 Å². The van der Waals surface area contributed by atoms with Gasteiger partial charge in [-0.05, 0) is 30.4 Å². The van der Waals surface area contributed by atoms with Crippen molar-refractivity contribution in [2.75, 3.05) is 6.61 Å². The summed E-state index contributed by atoms with van der Waals surface area (Å²) in [6.07, 6.45) is 6.06. The smallest absolute Gasteiger partial charge is 0.311 e. The number of ether oxygens (including phenoxy) is 1. The molecular weight excluding hydrogens is 352 g/mol. The fraction of sp³-hybridized carbons (Fsp3) is 0.333. The zero-order valence-electron chi connectivity index (χ0n) is 14.0. The molecule has 1 aromatic carbocycles. The summed E-state index contributed by atoms with van der Waals surface area (Å²) >= 11 is 0. The largest absolute Gasteiger partial charge is 0.472 e. The maximum atomic E-state index is 12.6. The minimum atomic E-state index is -0.635. The summed E-state index contributed by atoms with van der Waals surface area (Å²) in [6.45, 7) is -0.315. The number of nitro benzene ring substituents is 1. The van der Waals surface area contributed by atoms with E-state index in [1.54, 1.807) is 6.07 Å². The number of nitrogens with zero attached hydrogens (tertiary/aromatic N) is 4. The van der Waals surface area contributed by atoms with Crippen LogP contribution in [0.3, 0.4) is 0 Å². The highest BCUT2D eigenvalue weighted by Gasteiger charge is 2.59. The topological polar surface area (TPSA) is 126 Å². The van der Waals surface area contributed by atoms with E-state index in [9.17, 15) is 19.7 Å². The van der Waals surface area contributed by atoms with E-state index in [4.69, 9.17) is 10.00 Å². The average Bonchev–Trinajstić information content (AvgIpc) is 3.33. The fourth-order valence-corrected chi connectivity index (χ4v) is 4.11. The minimum absolute atomic E-state index is 0.0378. The molecule has 1 saturated heterocycles. The van der Waals surface area contributed by atoms with Crippen molar-refractivity contribution in [1.29, 1.82) is 5.26 Å². The van der Waals surface area contributed by atoms with E-state index in [1.807, 2.05) is 12.2 Å². The molecule has 4 unspecified atom stereocenters. The molecule has 1 heterocycles. The molecule has 1 aliphatic heterocycles. The molecule has 3 aliphatic rings. The van der Waals surface area contributed by atoms with Crippen LogP contribution in [0.15, 0.2) is 35.5 Å². The number of imide groups is 1. The highest BCUT2D eigenvalue weighted by molar-refractivity contribution is 6.06. The number of rotatable bonds is 5. The molecule has 0 aromatic heterocycles. The average molecular weight is 366 g/mol. The predicted octanol–water partition coefficient (Wildman–Crippen LogP) is 1.64. The molecule has 9 heteroatoms. The molecule has 2 aliphatic carbocycles. The van der Waals surface area contributed by atoms with E-state index in [2.05, 4.69) is 5.10 Å². The van der Waals surface area contributed by atoms with Gasteiger partial charge in [-0.1, -0.05) is 12.2 Å². The third kappa shape index (κ3) is 2.66. The molecule has 0 radical (unpaired) electrons. The van der Waals surface area contributed by atoms with Crippen LogP contribution >= 0.6 is 0 Å². The number of hydrazone groups is 1. The summed E-state index contributed by atoms with van der Waals surface area (Å²) in [4.78, 5) is 35.7. The van der Waals surface area contributed by atoms with Crippen molar-refractivity contribution in [2.24, 2.45) is 28.8 Å². The second kappa shape index (κ2) is 6.32. The molecule has 1 aromatic rings. The number of carbonyl (C=O) groups excluding carboxylic acids is 2. The Bertz CT molecular complexity index is 918. The van der Waals surface area contributed by atoms with Crippen molar-refractivity contribution in [3.05, 3.63) is 46.0 Å². The van der Waals surface area contributed by atoms with Crippen LogP contribution in [0.1, 0.15) is 12.0 Å². The first-order valence-corrected chi connectivity index (χ1v) is 8.39. The van der Waals surface area contributed by atoms with E-state index in [0.717, 1.165) is 11.4 Å². The molecule has 1 saturated carbocycles. The molecular formula is C18H14N4O5. The molecule has 4 atom stereocenters. The monoisotopic (exact) mass is 366 g/mol. The van der Waals surface area contributed by atoms with Gasteiger partial charge in [0.2, 0.25) is 0 Å². The van der Waals surface area contributed by atoms with Crippen molar-refractivity contribution in [3.63, 3.8) is 0 Å². The fourth-order valence-electron chi connectivity index (χ4n) is 4.11. The first-order valence-electron chi connectivity index (χ1n) is 8.39. The Kier molecular flexibility index (Phi) is 3.96. The second-order valence-corrected chi connectivity index (χ2v) is 6.66. The second-order valence-electron chi connectivity index (χ2n) is 6.66. The molecule has 0 spiro atoms. The molecule has 4 rings (SSSR count). The third-order valence-corrected chi connectivity index (χ3v) is 5.24. The van der Waals surface area contributed by atoms with Crippen LogP contribution in [-0.4, -0.2) is 34.6 Å². The lowest BCUT2D eigenvalue weighted by atomic mass is 9.85. The van der Waals surface area contributed by atoms with Gasteiger partial charge in [-0.3, -0.25) is 19.7 Å². The van der Waals surface area contributed by atoms with Gasteiger partial charge in [0, 0.05) is 11.6 Å². The van der Waals surface area contributed by atoms with Crippen LogP contribution in [0.2, 0.25) is 0 Å². The van der Waals surface area contributed by atoms with Gasteiger partial charge in [0.25, 0.3) is 11.8 Å². The number of carbonyl (C=O) groups is 2. The third-order valence-electron chi connectivity index (χ3n) is 5.24. The Morgan fingerprint density at radius 2 is 1.96 bits per heavy atom. The van der Waals surface area contributed by atoms with Gasteiger partial charge in [-0.15, -0.1) is 0 Å². The summed E-state index contributed by atoms with van der Waals surface area (Å²) in [5, 5.41) is 24.6. The summed E-state index contributed by atoms with van der Waals surface area (Å²) in [6, 6.07) is 5.81. The highest BCUT2D eigenvalue weighted by atomic mass is 16.6.